The number of allylic oxidation sites excluding steroid dienone is 1. The molecule has 1 heterocycles. The molecule has 10 atom stereocenters. The Bertz CT molecular complexity index is 1360. The lowest BCUT2D eigenvalue weighted by atomic mass is 9.44. The van der Waals surface area contributed by atoms with Gasteiger partial charge in [0.05, 0.1) is 12.2 Å². The van der Waals surface area contributed by atoms with Crippen molar-refractivity contribution in [2.75, 3.05) is 19.8 Å². The largest absolute Gasteiger partial charge is 0.465 e. The third-order valence-corrected chi connectivity index (χ3v) is 11.0. The van der Waals surface area contributed by atoms with E-state index in [1.54, 1.807) is 0 Å². The lowest BCUT2D eigenvalue weighted by Crippen LogP contribution is -2.66. The average Bonchev–Trinajstić information content (AvgIpc) is 3.00. The van der Waals surface area contributed by atoms with E-state index < -0.39 is 60.2 Å². The van der Waals surface area contributed by atoms with Crippen LogP contribution >= 0.6 is 0 Å². The standard InChI is InChI=1S/C38H58O14/c1-22(15-19-45-23(2)39)12-13-31-37(9)17-11-16-36(8,21-47-25(4)41)30(37)14-18-38(31,10)52-35-34(50-28(7)44)33(49-27(6)43)32(48-26(5)42)29(51-35)20-46-24(3)40/h15,29-35H,11-14,16-21H2,1-10H3/b22-15+/t29-,30+,31-,32-,33+,34-,35+,36+,37+,38-/m1/s1. The van der Waals surface area contributed by atoms with E-state index in [1.165, 1.54) is 41.5 Å². The van der Waals surface area contributed by atoms with E-state index in [0.29, 0.717) is 25.9 Å². The van der Waals surface area contributed by atoms with Crippen molar-refractivity contribution in [1.82, 2.24) is 0 Å². The smallest absolute Gasteiger partial charge is 0.303 e. The lowest BCUT2D eigenvalue weighted by molar-refractivity contribution is -0.346. The van der Waals surface area contributed by atoms with E-state index in [-0.39, 0.29) is 47.8 Å². The van der Waals surface area contributed by atoms with Gasteiger partial charge in [0.15, 0.2) is 24.6 Å². The summed E-state index contributed by atoms with van der Waals surface area (Å²) in [6.07, 6.45) is 0.688. The predicted molar refractivity (Wildman–Crippen MR) is 184 cm³/mol. The fourth-order valence-corrected chi connectivity index (χ4v) is 8.96. The molecule has 0 amide bonds. The number of carbonyl (C=O) groups excluding carboxylic acids is 6. The fraction of sp³-hybridized carbons (Fsp3) is 0.789. The van der Waals surface area contributed by atoms with Crippen molar-refractivity contribution in [3.05, 3.63) is 11.6 Å². The fourth-order valence-electron chi connectivity index (χ4n) is 8.96. The van der Waals surface area contributed by atoms with Crippen molar-refractivity contribution in [2.24, 2.45) is 22.7 Å². The Morgan fingerprint density at radius 1 is 0.692 bits per heavy atom. The van der Waals surface area contributed by atoms with Gasteiger partial charge in [-0.25, -0.2) is 0 Å². The van der Waals surface area contributed by atoms with Crippen LogP contribution < -0.4 is 0 Å². The maximum atomic E-state index is 12.6. The second kappa shape index (κ2) is 18.0. The predicted octanol–water partition coefficient (Wildman–Crippen LogP) is 4.92. The van der Waals surface area contributed by atoms with Crippen molar-refractivity contribution in [3.8, 4) is 0 Å². The molecule has 3 aliphatic rings. The van der Waals surface area contributed by atoms with Crippen LogP contribution in [0, 0.1) is 22.7 Å². The molecule has 52 heavy (non-hydrogen) atoms. The van der Waals surface area contributed by atoms with Gasteiger partial charge in [-0.15, -0.1) is 0 Å². The number of esters is 6. The van der Waals surface area contributed by atoms with E-state index in [2.05, 4.69) is 13.8 Å². The van der Waals surface area contributed by atoms with Crippen molar-refractivity contribution < 1.29 is 66.7 Å². The summed E-state index contributed by atoms with van der Waals surface area (Å²) < 4.78 is 46.4. The maximum absolute atomic E-state index is 12.6. The third-order valence-electron chi connectivity index (χ3n) is 11.0. The van der Waals surface area contributed by atoms with E-state index in [4.69, 9.17) is 37.9 Å². The number of ether oxygens (including phenoxy) is 8. The van der Waals surface area contributed by atoms with Gasteiger partial charge >= 0.3 is 35.8 Å². The summed E-state index contributed by atoms with van der Waals surface area (Å²) in [5.74, 6) is -3.43. The highest BCUT2D eigenvalue weighted by atomic mass is 16.7. The number of rotatable bonds is 14. The molecule has 294 valence electrons. The minimum Gasteiger partial charge on any atom is -0.465 e. The van der Waals surface area contributed by atoms with Crippen LogP contribution in [0.25, 0.3) is 0 Å². The van der Waals surface area contributed by atoms with Gasteiger partial charge in [0.1, 0.15) is 19.3 Å². The molecule has 2 saturated carbocycles. The third kappa shape index (κ3) is 11.0. The molecule has 3 rings (SSSR count). The molecule has 0 aromatic heterocycles. The Kier molecular flexibility index (Phi) is 14.8. The van der Waals surface area contributed by atoms with Gasteiger partial charge in [-0.05, 0) is 75.7 Å². The molecule has 3 fully saturated rings. The van der Waals surface area contributed by atoms with E-state index in [9.17, 15) is 28.8 Å². The molecule has 0 radical (unpaired) electrons. The summed E-state index contributed by atoms with van der Waals surface area (Å²) in [6.45, 7) is 16.1. The first-order valence-electron chi connectivity index (χ1n) is 18.1. The highest BCUT2D eigenvalue weighted by Gasteiger charge is 2.62. The molecule has 0 aromatic rings. The van der Waals surface area contributed by atoms with Gasteiger partial charge in [-0.1, -0.05) is 25.8 Å². The molecule has 0 spiro atoms. The van der Waals surface area contributed by atoms with Crippen LogP contribution in [0.15, 0.2) is 11.6 Å². The van der Waals surface area contributed by atoms with Crippen molar-refractivity contribution >= 4 is 35.8 Å². The lowest BCUT2D eigenvalue weighted by Gasteiger charge is -2.63. The average molecular weight is 739 g/mol. The molecule has 0 unspecified atom stereocenters. The minimum atomic E-state index is -1.35. The first-order chi connectivity index (χ1) is 24.2. The Morgan fingerprint density at radius 2 is 1.27 bits per heavy atom. The van der Waals surface area contributed by atoms with Crippen LogP contribution in [0.5, 0.6) is 0 Å². The molecule has 0 bridgehead atoms. The van der Waals surface area contributed by atoms with Crippen LogP contribution in [-0.4, -0.2) is 91.9 Å². The van der Waals surface area contributed by atoms with Gasteiger partial charge in [-0.3, -0.25) is 28.8 Å². The summed E-state index contributed by atoms with van der Waals surface area (Å²) in [4.78, 5) is 72.5. The zero-order valence-electron chi connectivity index (χ0n) is 32.4. The van der Waals surface area contributed by atoms with E-state index >= 15 is 0 Å². The molecule has 1 aliphatic heterocycles. The number of hydrogen-bond donors (Lipinski definition) is 0. The molecule has 14 nitrogen and oxygen atoms in total. The maximum Gasteiger partial charge on any atom is 0.303 e. The highest BCUT2D eigenvalue weighted by molar-refractivity contribution is 5.69. The first-order valence-corrected chi connectivity index (χ1v) is 18.1. The quantitative estimate of drug-likeness (QED) is 0.102. The zero-order valence-corrected chi connectivity index (χ0v) is 32.4. The minimum absolute atomic E-state index is 0.125. The van der Waals surface area contributed by atoms with Gasteiger partial charge in [0.25, 0.3) is 0 Å². The topological polar surface area (TPSA) is 176 Å². The van der Waals surface area contributed by atoms with Gasteiger partial charge in [0, 0.05) is 47.0 Å². The van der Waals surface area contributed by atoms with Crippen molar-refractivity contribution in [3.63, 3.8) is 0 Å². The Hall–Kier alpha value is -3.52. The molecule has 2 aliphatic carbocycles. The Morgan fingerprint density at radius 3 is 1.85 bits per heavy atom. The number of carbonyl (C=O) groups is 6. The molecular weight excluding hydrogens is 680 g/mol. The molecule has 14 heteroatoms. The van der Waals surface area contributed by atoms with Crippen LogP contribution in [0.2, 0.25) is 0 Å². The normalized spacial score (nSPS) is 34.6. The summed E-state index contributed by atoms with van der Waals surface area (Å²) in [5, 5.41) is 0. The summed E-state index contributed by atoms with van der Waals surface area (Å²) in [7, 11) is 0. The van der Waals surface area contributed by atoms with E-state index in [1.807, 2.05) is 19.9 Å². The summed E-state index contributed by atoms with van der Waals surface area (Å²) in [5.41, 5.74) is -0.479. The molecular formula is C38H58O14. The van der Waals surface area contributed by atoms with Crippen molar-refractivity contribution in [2.45, 2.75) is 150 Å². The SMILES string of the molecule is CC(=O)OC/C=C(\C)CC[C@@H]1[C@@]2(C)CCC[C@@](C)(COC(C)=O)[C@@H]2CC[C@@]1(C)O[C@@H]1O[C@H](COC(C)=O)[C@@H](OC(C)=O)[C@H](OC(C)=O)[C@H]1OC(C)=O. The Balaban J connectivity index is 2.10. The number of hydrogen-bond acceptors (Lipinski definition) is 14. The molecule has 0 N–H and O–H groups in total. The first kappa shape index (κ1) is 42.9. The van der Waals surface area contributed by atoms with Crippen LogP contribution in [-0.2, 0) is 66.7 Å². The van der Waals surface area contributed by atoms with E-state index in [0.717, 1.165) is 31.3 Å². The van der Waals surface area contributed by atoms with Crippen LogP contribution in [0.3, 0.4) is 0 Å². The number of fused-ring (bicyclic) bond motifs is 1. The van der Waals surface area contributed by atoms with Gasteiger partial charge in [0.2, 0.25) is 0 Å². The van der Waals surface area contributed by atoms with Crippen molar-refractivity contribution in [1.29, 1.82) is 0 Å². The van der Waals surface area contributed by atoms with Gasteiger partial charge in [-0.2, -0.15) is 0 Å². The van der Waals surface area contributed by atoms with Gasteiger partial charge < -0.3 is 37.9 Å². The zero-order chi connectivity index (χ0) is 39.0. The second-order valence-corrected chi connectivity index (χ2v) is 15.3. The van der Waals surface area contributed by atoms with Crippen LogP contribution in [0.4, 0.5) is 0 Å². The summed E-state index contributed by atoms with van der Waals surface area (Å²) in [6, 6.07) is 0. The highest BCUT2D eigenvalue weighted by Crippen LogP contribution is 2.64. The molecule has 1 saturated heterocycles. The van der Waals surface area contributed by atoms with Crippen LogP contribution in [0.1, 0.15) is 114 Å². The summed E-state index contributed by atoms with van der Waals surface area (Å²) >= 11 is 0. The monoisotopic (exact) mass is 738 g/mol. The second-order valence-electron chi connectivity index (χ2n) is 15.3. The molecule has 0 aromatic carbocycles. The Labute approximate surface area is 306 Å².